The first-order valence-corrected chi connectivity index (χ1v) is 8.52. The topological polar surface area (TPSA) is 81.4 Å². The van der Waals surface area contributed by atoms with Crippen LogP contribution in [0.3, 0.4) is 0 Å². The number of rotatable bonds is 6. The van der Waals surface area contributed by atoms with Crippen molar-refractivity contribution in [3.05, 3.63) is 35.2 Å². The predicted octanol–water partition coefficient (Wildman–Crippen LogP) is 2.71. The van der Waals surface area contributed by atoms with Gasteiger partial charge in [-0.25, -0.2) is 4.98 Å². The first-order chi connectivity index (χ1) is 11.5. The van der Waals surface area contributed by atoms with Gasteiger partial charge in [-0.2, -0.15) is 0 Å². The smallest absolute Gasteiger partial charge is 0.264 e. The predicted molar refractivity (Wildman–Crippen MR) is 92.5 cm³/mol. The molecule has 8 heteroatoms. The van der Waals surface area contributed by atoms with Crippen molar-refractivity contribution >= 4 is 28.0 Å². The quantitative estimate of drug-likeness (QED) is 0.743. The van der Waals surface area contributed by atoms with Crippen LogP contribution in [0.2, 0.25) is 0 Å². The maximum absolute atomic E-state index is 12.0. The van der Waals surface area contributed by atoms with Crippen LogP contribution in [0.1, 0.15) is 24.5 Å². The molecule has 0 radical (unpaired) electrons. The van der Waals surface area contributed by atoms with Gasteiger partial charge in [0.2, 0.25) is 5.13 Å². The summed E-state index contributed by atoms with van der Waals surface area (Å²) in [6.45, 7) is 6.04. The Hall–Kier alpha value is -2.48. The van der Waals surface area contributed by atoms with Gasteiger partial charge in [-0.3, -0.25) is 10.1 Å². The number of aromatic nitrogens is 4. The lowest BCUT2D eigenvalue weighted by molar-refractivity contribution is -0.118. The zero-order valence-corrected chi connectivity index (χ0v) is 14.6. The van der Waals surface area contributed by atoms with E-state index in [1.165, 1.54) is 11.3 Å². The first-order valence-electron chi connectivity index (χ1n) is 7.70. The summed E-state index contributed by atoms with van der Waals surface area (Å²) in [6.07, 6.45) is 4.64. The van der Waals surface area contributed by atoms with Crippen LogP contribution in [0.4, 0.5) is 5.13 Å². The summed E-state index contributed by atoms with van der Waals surface area (Å²) in [6, 6.07) is 3.64. The van der Waals surface area contributed by atoms with Crippen molar-refractivity contribution in [2.24, 2.45) is 5.92 Å². The summed E-state index contributed by atoms with van der Waals surface area (Å²) in [7, 11) is 0. The Balaban J connectivity index is 1.60. The maximum Gasteiger partial charge on any atom is 0.264 e. The van der Waals surface area contributed by atoms with Crippen molar-refractivity contribution in [3.63, 3.8) is 0 Å². The fraction of sp³-hybridized carbons (Fsp3) is 0.375. The molecule has 0 unspecified atom stereocenters. The van der Waals surface area contributed by atoms with E-state index >= 15 is 0 Å². The Bertz CT molecular complexity index is 855. The van der Waals surface area contributed by atoms with E-state index < -0.39 is 0 Å². The molecular weight excluding hydrogens is 326 g/mol. The van der Waals surface area contributed by atoms with Crippen LogP contribution in [0.15, 0.2) is 24.5 Å². The molecule has 24 heavy (non-hydrogen) atoms. The second kappa shape index (κ2) is 6.96. The molecule has 0 atom stereocenters. The van der Waals surface area contributed by atoms with Crippen LogP contribution in [0.25, 0.3) is 5.65 Å². The van der Waals surface area contributed by atoms with Crippen molar-refractivity contribution in [3.8, 4) is 5.75 Å². The Labute approximate surface area is 143 Å². The molecule has 0 saturated heterocycles. The fourth-order valence-corrected chi connectivity index (χ4v) is 3.22. The van der Waals surface area contributed by atoms with Crippen molar-refractivity contribution in [2.45, 2.75) is 27.2 Å². The van der Waals surface area contributed by atoms with Gasteiger partial charge in [0, 0.05) is 18.8 Å². The van der Waals surface area contributed by atoms with Gasteiger partial charge in [-0.1, -0.05) is 25.2 Å². The van der Waals surface area contributed by atoms with Crippen molar-refractivity contribution < 1.29 is 9.53 Å². The summed E-state index contributed by atoms with van der Waals surface area (Å²) >= 11 is 1.39. The molecule has 0 aliphatic carbocycles. The number of hydrogen-bond acceptors (Lipinski definition) is 6. The van der Waals surface area contributed by atoms with E-state index in [9.17, 15) is 4.79 Å². The number of pyridine rings is 1. The molecule has 1 N–H and O–H groups in total. The molecule has 7 nitrogen and oxygen atoms in total. The Morgan fingerprint density at radius 2 is 2.25 bits per heavy atom. The molecule has 3 aromatic rings. The average molecular weight is 345 g/mol. The molecule has 0 spiro atoms. The fourth-order valence-electron chi connectivity index (χ4n) is 2.26. The number of hydrogen-bond donors (Lipinski definition) is 1. The second-order valence-corrected chi connectivity index (χ2v) is 6.98. The lowest BCUT2D eigenvalue weighted by atomic mass is 10.1. The second-order valence-electron chi connectivity index (χ2n) is 5.92. The standard InChI is InChI=1S/C16H19N5O2S/c1-10(2)7-14-19-20-16(24-14)18-13(22)9-23-12-5-4-6-21-8-11(3)17-15(12)21/h4-6,8,10H,7,9H2,1-3H3,(H,18,20,22). The largest absolute Gasteiger partial charge is 0.480 e. The molecule has 0 bridgehead atoms. The molecule has 0 saturated carbocycles. The summed E-state index contributed by atoms with van der Waals surface area (Å²) < 4.78 is 7.47. The van der Waals surface area contributed by atoms with Crippen LogP contribution in [0.5, 0.6) is 5.75 Å². The molecule has 0 aromatic carbocycles. The van der Waals surface area contributed by atoms with E-state index in [0.29, 0.717) is 22.4 Å². The molecule has 126 valence electrons. The van der Waals surface area contributed by atoms with Gasteiger partial charge in [0.05, 0.1) is 5.69 Å². The number of nitrogens with one attached hydrogen (secondary N) is 1. The summed E-state index contributed by atoms with van der Waals surface area (Å²) in [5, 5.41) is 12.2. The Morgan fingerprint density at radius 3 is 3.04 bits per heavy atom. The normalized spacial score (nSPS) is 11.2. The molecule has 0 aliphatic heterocycles. The Kier molecular flexibility index (Phi) is 4.75. The van der Waals surface area contributed by atoms with Gasteiger partial charge < -0.3 is 9.14 Å². The van der Waals surface area contributed by atoms with E-state index in [2.05, 4.69) is 34.3 Å². The number of anilines is 1. The number of ether oxygens (including phenoxy) is 1. The van der Waals surface area contributed by atoms with Gasteiger partial charge >= 0.3 is 0 Å². The lowest BCUT2D eigenvalue weighted by Crippen LogP contribution is -2.20. The molecule has 3 aromatic heterocycles. The number of aryl methyl sites for hydroxylation is 1. The number of carbonyl (C=O) groups is 1. The number of nitrogens with zero attached hydrogens (tertiary/aromatic N) is 4. The number of carbonyl (C=O) groups excluding carboxylic acids is 1. The number of amides is 1. The van der Waals surface area contributed by atoms with Gasteiger partial charge in [-0.15, -0.1) is 10.2 Å². The van der Waals surface area contributed by atoms with Crippen LogP contribution < -0.4 is 10.1 Å². The SMILES string of the molecule is Cc1cn2cccc(OCC(=O)Nc3nnc(CC(C)C)s3)c2n1. The highest BCUT2D eigenvalue weighted by atomic mass is 32.1. The van der Waals surface area contributed by atoms with Crippen LogP contribution in [-0.4, -0.2) is 32.1 Å². The zero-order valence-electron chi connectivity index (χ0n) is 13.8. The first kappa shape index (κ1) is 16.4. The van der Waals surface area contributed by atoms with E-state index in [-0.39, 0.29) is 12.5 Å². The third-order valence-electron chi connectivity index (χ3n) is 3.22. The van der Waals surface area contributed by atoms with Crippen LogP contribution >= 0.6 is 11.3 Å². The van der Waals surface area contributed by atoms with Gasteiger partial charge in [0.25, 0.3) is 5.91 Å². The van der Waals surface area contributed by atoms with E-state index in [1.54, 1.807) is 6.07 Å². The Morgan fingerprint density at radius 1 is 1.42 bits per heavy atom. The highest BCUT2D eigenvalue weighted by Gasteiger charge is 2.11. The zero-order chi connectivity index (χ0) is 17.1. The van der Waals surface area contributed by atoms with Crippen molar-refractivity contribution in [1.82, 2.24) is 19.6 Å². The molecular formula is C16H19N5O2S. The summed E-state index contributed by atoms with van der Waals surface area (Å²) in [5.41, 5.74) is 1.58. The maximum atomic E-state index is 12.0. The molecule has 3 rings (SSSR count). The summed E-state index contributed by atoms with van der Waals surface area (Å²) in [5.74, 6) is 0.800. The number of fused-ring (bicyclic) bond motifs is 1. The van der Waals surface area contributed by atoms with E-state index in [0.717, 1.165) is 17.1 Å². The number of imidazole rings is 1. The minimum absolute atomic E-state index is 0.106. The minimum atomic E-state index is -0.271. The highest BCUT2D eigenvalue weighted by molar-refractivity contribution is 7.15. The van der Waals surface area contributed by atoms with Crippen LogP contribution in [-0.2, 0) is 11.2 Å². The van der Waals surface area contributed by atoms with Crippen LogP contribution in [0, 0.1) is 12.8 Å². The average Bonchev–Trinajstić information content (AvgIpc) is 3.10. The molecule has 3 heterocycles. The lowest BCUT2D eigenvalue weighted by Gasteiger charge is -2.06. The van der Waals surface area contributed by atoms with Gasteiger partial charge in [0.1, 0.15) is 5.01 Å². The van der Waals surface area contributed by atoms with E-state index in [1.807, 2.05) is 29.8 Å². The third kappa shape index (κ3) is 3.88. The van der Waals surface area contributed by atoms with E-state index in [4.69, 9.17) is 4.74 Å². The highest BCUT2D eigenvalue weighted by Crippen LogP contribution is 2.20. The van der Waals surface area contributed by atoms with Crippen molar-refractivity contribution in [2.75, 3.05) is 11.9 Å². The third-order valence-corrected chi connectivity index (χ3v) is 4.08. The minimum Gasteiger partial charge on any atom is -0.480 e. The molecule has 0 aliphatic rings. The molecule has 0 fully saturated rings. The van der Waals surface area contributed by atoms with Gasteiger partial charge in [-0.05, 0) is 25.0 Å². The van der Waals surface area contributed by atoms with Gasteiger partial charge in [0.15, 0.2) is 18.0 Å². The van der Waals surface area contributed by atoms with Crippen molar-refractivity contribution in [1.29, 1.82) is 0 Å². The monoisotopic (exact) mass is 345 g/mol. The molecule has 1 amide bonds. The summed E-state index contributed by atoms with van der Waals surface area (Å²) in [4.78, 5) is 16.4.